The number of carbonyl (C=O) groups excluding carboxylic acids is 1. The zero-order chi connectivity index (χ0) is 13.9. The van der Waals surface area contributed by atoms with Gasteiger partial charge in [-0.1, -0.05) is 13.3 Å². The van der Waals surface area contributed by atoms with Crippen molar-refractivity contribution in [2.24, 2.45) is 5.73 Å². The van der Waals surface area contributed by atoms with Gasteiger partial charge in [-0.15, -0.1) is 0 Å². The normalized spacial score (nSPS) is 40.8. The van der Waals surface area contributed by atoms with Crippen molar-refractivity contribution >= 4 is 5.78 Å². The van der Waals surface area contributed by atoms with E-state index in [2.05, 4.69) is 0 Å². The van der Waals surface area contributed by atoms with E-state index in [1.165, 1.54) is 0 Å². The Morgan fingerprint density at radius 2 is 2.00 bits per heavy atom. The fraction of sp³-hybridized carbons (Fsp3) is 0.909. The molecule has 1 saturated heterocycles. The molecule has 0 aromatic rings. The monoisotopic (exact) mass is 263 g/mol. The van der Waals surface area contributed by atoms with E-state index in [1.807, 2.05) is 6.92 Å². The Labute approximate surface area is 105 Å². The van der Waals surface area contributed by atoms with Crippen LogP contribution in [-0.2, 0) is 9.53 Å². The zero-order valence-corrected chi connectivity index (χ0v) is 10.3. The third-order valence-electron chi connectivity index (χ3n) is 3.22. The van der Waals surface area contributed by atoms with Gasteiger partial charge < -0.3 is 30.9 Å². The highest BCUT2D eigenvalue weighted by molar-refractivity contribution is 5.86. The lowest BCUT2D eigenvalue weighted by molar-refractivity contribution is -0.297. The van der Waals surface area contributed by atoms with Crippen molar-refractivity contribution in [3.8, 4) is 0 Å². The van der Waals surface area contributed by atoms with E-state index in [1.54, 1.807) is 0 Å². The highest BCUT2D eigenvalue weighted by atomic mass is 16.7. The molecular formula is C11H21NO6. The fourth-order valence-electron chi connectivity index (χ4n) is 1.96. The Kier molecular flexibility index (Phi) is 5.20. The summed E-state index contributed by atoms with van der Waals surface area (Å²) in [6.45, 7) is 1.25. The van der Waals surface area contributed by atoms with Crippen LogP contribution in [0.5, 0.6) is 0 Å². The second kappa shape index (κ2) is 6.05. The molecule has 7 nitrogen and oxygen atoms in total. The van der Waals surface area contributed by atoms with Crippen LogP contribution in [0.2, 0.25) is 0 Å². The molecule has 0 saturated carbocycles. The topological polar surface area (TPSA) is 133 Å². The number of hydrogen-bond acceptors (Lipinski definition) is 7. The van der Waals surface area contributed by atoms with Gasteiger partial charge in [-0.05, 0) is 6.42 Å². The molecule has 0 spiro atoms. The molecule has 0 bridgehead atoms. The molecule has 106 valence electrons. The second-order valence-corrected chi connectivity index (χ2v) is 4.57. The quantitative estimate of drug-likeness (QED) is 0.383. The van der Waals surface area contributed by atoms with Crippen molar-refractivity contribution in [1.29, 1.82) is 0 Å². The molecule has 1 heterocycles. The van der Waals surface area contributed by atoms with Crippen LogP contribution in [0.25, 0.3) is 0 Å². The zero-order valence-electron chi connectivity index (χ0n) is 10.3. The first-order chi connectivity index (χ1) is 8.38. The molecule has 0 aromatic carbocycles. The lowest BCUT2D eigenvalue weighted by Crippen LogP contribution is -2.71. The molecule has 1 aliphatic rings. The number of Topliss-reactive ketones (excluding diaryl/α,β-unsaturated/α-hetero) is 1. The lowest BCUT2D eigenvalue weighted by atomic mass is 9.87. The van der Waals surface area contributed by atoms with Crippen LogP contribution in [-0.4, -0.2) is 63.0 Å². The molecular weight excluding hydrogens is 242 g/mol. The summed E-state index contributed by atoms with van der Waals surface area (Å²) in [5.74, 6) is -3.01. The molecule has 1 rings (SSSR count). The minimum Gasteiger partial charge on any atom is -0.394 e. The molecule has 0 radical (unpaired) electrons. The van der Waals surface area contributed by atoms with Crippen molar-refractivity contribution in [3.05, 3.63) is 0 Å². The first kappa shape index (κ1) is 15.5. The molecule has 0 amide bonds. The number of carbonyl (C=O) groups is 1. The molecule has 0 aliphatic carbocycles. The highest BCUT2D eigenvalue weighted by Gasteiger charge is 2.55. The number of aliphatic hydroxyl groups is 4. The van der Waals surface area contributed by atoms with Gasteiger partial charge in [0, 0.05) is 6.42 Å². The predicted molar refractivity (Wildman–Crippen MR) is 61.4 cm³/mol. The van der Waals surface area contributed by atoms with Crippen LogP contribution in [0.1, 0.15) is 26.2 Å². The van der Waals surface area contributed by atoms with Crippen molar-refractivity contribution in [2.75, 3.05) is 6.61 Å². The SMILES string of the molecule is CCCCC(=O)C1(O)O[C@H](CO)[C@@H](O)[C@H](O)[C@@H]1N. The lowest BCUT2D eigenvalue weighted by Gasteiger charge is -2.45. The van der Waals surface area contributed by atoms with Gasteiger partial charge in [0.25, 0.3) is 0 Å². The molecule has 1 aliphatic heterocycles. The van der Waals surface area contributed by atoms with Crippen molar-refractivity contribution in [1.82, 2.24) is 0 Å². The smallest absolute Gasteiger partial charge is 0.245 e. The third-order valence-corrected chi connectivity index (χ3v) is 3.22. The average molecular weight is 263 g/mol. The van der Waals surface area contributed by atoms with E-state index in [9.17, 15) is 20.1 Å². The Morgan fingerprint density at radius 3 is 2.50 bits per heavy atom. The summed E-state index contributed by atoms with van der Waals surface area (Å²) in [5, 5.41) is 38.4. The Morgan fingerprint density at radius 1 is 1.39 bits per heavy atom. The van der Waals surface area contributed by atoms with Crippen molar-refractivity contribution in [2.45, 2.75) is 56.3 Å². The summed E-state index contributed by atoms with van der Waals surface area (Å²) in [6.07, 6.45) is -2.85. The third kappa shape index (κ3) is 2.71. The molecule has 1 fully saturated rings. The van der Waals surface area contributed by atoms with Crippen LogP contribution >= 0.6 is 0 Å². The van der Waals surface area contributed by atoms with Gasteiger partial charge in [0.1, 0.15) is 18.3 Å². The largest absolute Gasteiger partial charge is 0.394 e. The van der Waals surface area contributed by atoms with Crippen LogP contribution in [0.3, 0.4) is 0 Å². The molecule has 1 unspecified atom stereocenters. The molecule has 0 aromatic heterocycles. The van der Waals surface area contributed by atoms with Crippen molar-refractivity contribution in [3.63, 3.8) is 0 Å². The maximum atomic E-state index is 11.9. The summed E-state index contributed by atoms with van der Waals surface area (Å²) < 4.78 is 5.00. The van der Waals surface area contributed by atoms with E-state index in [4.69, 9.17) is 15.6 Å². The Hall–Kier alpha value is -0.570. The van der Waals surface area contributed by atoms with Gasteiger partial charge in [-0.2, -0.15) is 0 Å². The number of aliphatic hydroxyl groups excluding tert-OH is 3. The van der Waals surface area contributed by atoms with E-state index in [0.29, 0.717) is 6.42 Å². The van der Waals surface area contributed by atoms with Gasteiger partial charge in [0.05, 0.1) is 12.6 Å². The summed E-state index contributed by atoms with van der Waals surface area (Å²) >= 11 is 0. The maximum Gasteiger partial charge on any atom is 0.245 e. The standard InChI is InChI=1S/C11H21NO6/c1-2-3-4-7(14)11(17)10(12)9(16)8(15)6(5-13)18-11/h6,8-10,13,15-17H,2-5,12H2,1H3/t6-,8-,9+,10+,11?/m1/s1. The first-order valence-corrected chi connectivity index (χ1v) is 6.04. The van der Waals surface area contributed by atoms with Crippen molar-refractivity contribution < 1.29 is 30.0 Å². The van der Waals surface area contributed by atoms with E-state index < -0.39 is 42.5 Å². The Balaban J connectivity index is 2.87. The fourth-order valence-corrected chi connectivity index (χ4v) is 1.96. The summed E-state index contributed by atoms with van der Waals surface area (Å²) in [4.78, 5) is 11.9. The highest BCUT2D eigenvalue weighted by Crippen LogP contribution is 2.29. The minimum absolute atomic E-state index is 0.0572. The molecule has 7 heteroatoms. The predicted octanol–water partition coefficient (Wildman–Crippen LogP) is -2.13. The van der Waals surface area contributed by atoms with E-state index in [0.717, 1.165) is 6.42 Å². The number of unbranched alkanes of at least 4 members (excludes halogenated alkanes) is 1. The van der Waals surface area contributed by atoms with Crippen LogP contribution in [0.4, 0.5) is 0 Å². The number of rotatable bonds is 5. The summed E-state index contributed by atoms with van der Waals surface area (Å²) in [5.41, 5.74) is 5.55. The molecule has 18 heavy (non-hydrogen) atoms. The van der Waals surface area contributed by atoms with Gasteiger partial charge in [0.15, 0.2) is 5.78 Å². The van der Waals surface area contributed by atoms with E-state index >= 15 is 0 Å². The van der Waals surface area contributed by atoms with Crippen LogP contribution in [0.15, 0.2) is 0 Å². The molecule has 6 N–H and O–H groups in total. The molecule has 5 atom stereocenters. The van der Waals surface area contributed by atoms with Gasteiger partial charge in [-0.3, -0.25) is 4.79 Å². The Bertz CT molecular complexity index is 297. The number of nitrogens with two attached hydrogens (primary N) is 1. The van der Waals surface area contributed by atoms with Crippen LogP contribution in [0, 0.1) is 0 Å². The minimum atomic E-state index is -2.36. The van der Waals surface area contributed by atoms with Crippen LogP contribution < -0.4 is 5.73 Å². The summed E-state index contributed by atoms with van der Waals surface area (Å²) in [7, 11) is 0. The number of ether oxygens (including phenoxy) is 1. The van der Waals surface area contributed by atoms with Gasteiger partial charge in [0.2, 0.25) is 5.79 Å². The second-order valence-electron chi connectivity index (χ2n) is 4.57. The summed E-state index contributed by atoms with van der Waals surface area (Å²) in [6, 6.07) is -1.44. The van der Waals surface area contributed by atoms with Gasteiger partial charge >= 0.3 is 0 Å². The average Bonchev–Trinajstić information content (AvgIpc) is 2.37. The van der Waals surface area contributed by atoms with Gasteiger partial charge in [-0.25, -0.2) is 0 Å². The maximum absolute atomic E-state index is 11.9. The number of ketones is 1. The van der Waals surface area contributed by atoms with E-state index in [-0.39, 0.29) is 6.42 Å². The number of hydrogen-bond donors (Lipinski definition) is 5. The first-order valence-electron chi connectivity index (χ1n) is 6.04.